The molecule has 0 radical (unpaired) electrons. The lowest BCUT2D eigenvalue weighted by atomic mass is 10.2. The Labute approximate surface area is 147 Å². The molecule has 1 saturated heterocycles. The van der Waals surface area contributed by atoms with Crippen molar-refractivity contribution >= 4 is 65.8 Å². The van der Waals surface area contributed by atoms with Gasteiger partial charge in [0.05, 0.1) is 21.0 Å². The first-order chi connectivity index (χ1) is 10.8. The minimum absolute atomic E-state index is 0.348. The second-order valence-electron chi connectivity index (χ2n) is 5.25. The van der Waals surface area contributed by atoms with Crippen LogP contribution in [0.1, 0.15) is 12.8 Å². The Bertz CT molecular complexity index is 843. The number of anilines is 1. The van der Waals surface area contributed by atoms with E-state index < -0.39 is 16.1 Å². The molecule has 1 amide bonds. The summed E-state index contributed by atoms with van der Waals surface area (Å²) in [6.45, 7) is 0.356. The molecule has 0 saturated carbocycles. The molecule has 2 heterocycles. The normalized spacial score (nSPS) is 19.3. The first-order valence-electron chi connectivity index (χ1n) is 6.79. The predicted molar refractivity (Wildman–Crippen MR) is 92.8 cm³/mol. The van der Waals surface area contributed by atoms with Gasteiger partial charge in [-0.2, -0.15) is 4.31 Å². The molecule has 124 valence electrons. The largest absolute Gasteiger partial charge is 0.301 e. The Kier molecular flexibility index (Phi) is 4.54. The lowest BCUT2D eigenvalue weighted by Gasteiger charge is -2.20. The topological polar surface area (TPSA) is 79.4 Å². The van der Waals surface area contributed by atoms with Gasteiger partial charge in [-0.25, -0.2) is 13.4 Å². The molecule has 6 nitrogen and oxygen atoms in total. The monoisotopic (exact) mass is 393 g/mol. The fraction of sp³-hybridized carbons (Fsp3) is 0.385. The van der Waals surface area contributed by atoms with E-state index in [-0.39, 0.29) is 5.91 Å². The maximum atomic E-state index is 12.4. The first-order valence-corrected chi connectivity index (χ1v) is 10.2. The van der Waals surface area contributed by atoms with Crippen molar-refractivity contribution in [1.82, 2.24) is 9.29 Å². The molecule has 10 heteroatoms. The fourth-order valence-corrected chi connectivity index (χ4v) is 5.13. The van der Waals surface area contributed by atoms with Gasteiger partial charge >= 0.3 is 0 Å². The van der Waals surface area contributed by atoms with Crippen LogP contribution in [0.15, 0.2) is 12.1 Å². The quantitative estimate of drug-likeness (QED) is 0.868. The van der Waals surface area contributed by atoms with Crippen molar-refractivity contribution in [1.29, 1.82) is 0 Å². The highest BCUT2D eigenvalue weighted by atomic mass is 35.5. The van der Waals surface area contributed by atoms with E-state index in [1.807, 2.05) is 0 Å². The highest BCUT2D eigenvalue weighted by Gasteiger charge is 2.36. The number of carbonyl (C=O) groups is 1. The minimum Gasteiger partial charge on any atom is -0.301 e. The van der Waals surface area contributed by atoms with Crippen molar-refractivity contribution in [3.8, 4) is 0 Å². The summed E-state index contributed by atoms with van der Waals surface area (Å²) in [4.78, 5) is 16.7. The number of sulfonamides is 1. The molecule has 1 N–H and O–H groups in total. The Morgan fingerprint density at radius 3 is 2.74 bits per heavy atom. The predicted octanol–water partition coefficient (Wildman–Crippen LogP) is 2.97. The molecule has 0 spiro atoms. The van der Waals surface area contributed by atoms with Crippen LogP contribution in [0.2, 0.25) is 10.0 Å². The van der Waals surface area contributed by atoms with Crippen LogP contribution in [-0.4, -0.2) is 42.5 Å². The number of halogens is 2. The van der Waals surface area contributed by atoms with Gasteiger partial charge in [0.15, 0.2) is 5.13 Å². The van der Waals surface area contributed by atoms with Crippen LogP contribution >= 0.6 is 34.5 Å². The zero-order valence-corrected chi connectivity index (χ0v) is 15.2. The van der Waals surface area contributed by atoms with E-state index in [1.54, 1.807) is 12.1 Å². The van der Waals surface area contributed by atoms with E-state index >= 15 is 0 Å². The van der Waals surface area contributed by atoms with Crippen molar-refractivity contribution in [2.24, 2.45) is 0 Å². The highest BCUT2D eigenvalue weighted by molar-refractivity contribution is 7.88. The Balaban J connectivity index is 1.86. The van der Waals surface area contributed by atoms with Gasteiger partial charge in [0.1, 0.15) is 11.6 Å². The minimum atomic E-state index is -3.41. The molecule has 0 aliphatic carbocycles. The second-order valence-corrected chi connectivity index (χ2v) is 9.00. The molecule has 1 fully saturated rings. The van der Waals surface area contributed by atoms with E-state index in [0.29, 0.717) is 44.8 Å². The number of nitrogens with one attached hydrogen (secondary N) is 1. The summed E-state index contributed by atoms with van der Waals surface area (Å²) in [5.41, 5.74) is 0.519. The molecule has 0 unspecified atom stereocenters. The molecular formula is C13H13Cl2N3O3S2. The third kappa shape index (κ3) is 3.32. The number of amides is 1. The third-order valence-electron chi connectivity index (χ3n) is 3.61. The van der Waals surface area contributed by atoms with Gasteiger partial charge in [0.25, 0.3) is 0 Å². The highest BCUT2D eigenvalue weighted by Crippen LogP contribution is 2.36. The number of thiazole rings is 1. The first kappa shape index (κ1) is 16.9. The molecule has 1 aromatic carbocycles. The molecule has 2 aromatic rings. The summed E-state index contributed by atoms with van der Waals surface area (Å²) in [7, 11) is -3.41. The van der Waals surface area contributed by atoms with Gasteiger partial charge in [-0.3, -0.25) is 4.79 Å². The lowest BCUT2D eigenvalue weighted by Crippen LogP contribution is -2.42. The number of hydrogen-bond donors (Lipinski definition) is 1. The molecule has 1 aromatic heterocycles. The molecule has 1 aliphatic rings. The average Bonchev–Trinajstić information content (AvgIpc) is 3.09. The average molecular weight is 394 g/mol. The van der Waals surface area contributed by atoms with Gasteiger partial charge < -0.3 is 5.32 Å². The van der Waals surface area contributed by atoms with Crippen molar-refractivity contribution in [2.75, 3.05) is 18.1 Å². The van der Waals surface area contributed by atoms with Crippen LogP contribution in [0.5, 0.6) is 0 Å². The molecule has 1 atom stereocenters. The van der Waals surface area contributed by atoms with E-state index in [4.69, 9.17) is 23.2 Å². The van der Waals surface area contributed by atoms with Crippen LogP contribution in [0.25, 0.3) is 10.2 Å². The lowest BCUT2D eigenvalue weighted by molar-refractivity contribution is -0.119. The van der Waals surface area contributed by atoms with Crippen LogP contribution in [-0.2, 0) is 14.8 Å². The van der Waals surface area contributed by atoms with Gasteiger partial charge in [0.2, 0.25) is 15.9 Å². The Hall–Kier alpha value is -0.930. The summed E-state index contributed by atoms with van der Waals surface area (Å²) in [5.74, 6) is -0.390. The van der Waals surface area contributed by atoms with Crippen molar-refractivity contribution < 1.29 is 13.2 Å². The second kappa shape index (κ2) is 6.18. The maximum Gasteiger partial charge on any atom is 0.244 e. The molecular weight excluding hydrogens is 381 g/mol. The number of benzene rings is 1. The summed E-state index contributed by atoms with van der Waals surface area (Å²) in [6, 6.07) is 2.60. The zero-order valence-electron chi connectivity index (χ0n) is 12.0. The summed E-state index contributed by atoms with van der Waals surface area (Å²) < 4.78 is 25.4. The molecule has 1 aliphatic heterocycles. The van der Waals surface area contributed by atoms with Gasteiger partial charge in [-0.15, -0.1) is 0 Å². The van der Waals surface area contributed by atoms with Gasteiger partial charge in [-0.05, 0) is 25.0 Å². The van der Waals surface area contributed by atoms with Crippen LogP contribution < -0.4 is 5.32 Å². The summed E-state index contributed by atoms with van der Waals surface area (Å²) in [5, 5.41) is 3.97. The van der Waals surface area contributed by atoms with Crippen LogP contribution in [0, 0.1) is 0 Å². The molecule has 3 rings (SSSR count). The third-order valence-corrected chi connectivity index (χ3v) is 6.63. The number of rotatable bonds is 3. The maximum absolute atomic E-state index is 12.4. The van der Waals surface area contributed by atoms with Crippen molar-refractivity contribution in [3.63, 3.8) is 0 Å². The number of carbonyl (C=O) groups excluding carboxylic acids is 1. The Morgan fingerprint density at radius 1 is 1.39 bits per heavy atom. The summed E-state index contributed by atoms with van der Waals surface area (Å²) in [6.07, 6.45) is 2.25. The van der Waals surface area contributed by atoms with E-state index in [2.05, 4.69) is 10.3 Å². The SMILES string of the molecule is CS(=O)(=O)N1CCC[C@@H]1C(=O)Nc1nc2c(Cl)ccc(Cl)c2s1. The molecule has 23 heavy (non-hydrogen) atoms. The zero-order chi connectivity index (χ0) is 16.8. The van der Waals surface area contributed by atoms with Gasteiger partial charge in [-0.1, -0.05) is 34.5 Å². The molecule has 0 bridgehead atoms. The van der Waals surface area contributed by atoms with E-state index in [0.717, 1.165) is 6.26 Å². The number of fused-ring (bicyclic) bond motifs is 1. The summed E-state index contributed by atoms with van der Waals surface area (Å²) >= 11 is 13.4. The fourth-order valence-electron chi connectivity index (χ4n) is 2.59. The Morgan fingerprint density at radius 2 is 2.09 bits per heavy atom. The number of nitrogens with zero attached hydrogens (tertiary/aromatic N) is 2. The number of hydrogen-bond acceptors (Lipinski definition) is 5. The van der Waals surface area contributed by atoms with Crippen LogP contribution in [0.4, 0.5) is 5.13 Å². The van der Waals surface area contributed by atoms with Crippen molar-refractivity contribution in [3.05, 3.63) is 22.2 Å². The van der Waals surface area contributed by atoms with E-state index in [1.165, 1.54) is 15.6 Å². The smallest absolute Gasteiger partial charge is 0.244 e. The van der Waals surface area contributed by atoms with Crippen molar-refractivity contribution in [2.45, 2.75) is 18.9 Å². The standard InChI is InChI=1S/C13H13Cl2N3O3S2/c1-23(20,21)18-6-2-3-9(18)12(19)17-13-16-10-7(14)4-5-8(15)11(10)22-13/h4-5,9H,2-3,6H2,1H3,(H,16,17,19)/t9-/m1/s1. The van der Waals surface area contributed by atoms with Crippen LogP contribution in [0.3, 0.4) is 0 Å². The van der Waals surface area contributed by atoms with E-state index in [9.17, 15) is 13.2 Å². The van der Waals surface area contributed by atoms with Gasteiger partial charge in [0, 0.05) is 6.54 Å². The number of aromatic nitrogens is 1.